The van der Waals surface area contributed by atoms with Gasteiger partial charge in [0.25, 0.3) is 0 Å². The summed E-state index contributed by atoms with van der Waals surface area (Å²) in [6.45, 7) is 2.58. The molecule has 4 rings (SSSR count). The number of aromatic amines is 1. The minimum Gasteiger partial charge on any atom is -0.336 e. The van der Waals surface area contributed by atoms with Crippen molar-refractivity contribution in [2.75, 3.05) is 26.0 Å². The third-order valence-electron chi connectivity index (χ3n) is 5.41. The fraction of sp³-hybridized carbons (Fsp3) is 0.348. The number of rotatable bonds is 7. The van der Waals surface area contributed by atoms with Crippen LogP contribution in [0.5, 0.6) is 0 Å². The van der Waals surface area contributed by atoms with Crippen molar-refractivity contribution in [2.24, 2.45) is 0 Å². The molecule has 1 aromatic heterocycles. The highest BCUT2D eigenvalue weighted by molar-refractivity contribution is 5.89. The van der Waals surface area contributed by atoms with Crippen LogP contribution in [0, 0.1) is 6.92 Å². The van der Waals surface area contributed by atoms with Crippen molar-refractivity contribution in [3.8, 4) is 11.4 Å². The van der Waals surface area contributed by atoms with E-state index < -0.39 is 0 Å². The highest BCUT2D eigenvalue weighted by atomic mass is 16.2. The van der Waals surface area contributed by atoms with Crippen LogP contribution in [0.4, 0.5) is 10.5 Å². The van der Waals surface area contributed by atoms with Crippen molar-refractivity contribution in [2.45, 2.75) is 31.7 Å². The number of aryl methyl sites for hydroxylation is 1. The summed E-state index contributed by atoms with van der Waals surface area (Å²) >= 11 is 0. The number of anilines is 1. The van der Waals surface area contributed by atoms with E-state index in [4.69, 9.17) is 0 Å². The van der Waals surface area contributed by atoms with Gasteiger partial charge in [0.1, 0.15) is 5.82 Å². The fourth-order valence-electron chi connectivity index (χ4n) is 3.40. The van der Waals surface area contributed by atoms with Crippen molar-refractivity contribution in [3.05, 3.63) is 65.5 Å². The van der Waals surface area contributed by atoms with Gasteiger partial charge in [0.2, 0.25) is 0 Å². The summed E-state index contributed by atoms with van der Waals surface area (Å²) in [5, 5.41) is 13.2. The Kier molecular flexibility index (Phi) is 5.81. The number of benzene rings is 2. The first-order valence-electron chi connectivity index (χ1n) is 10.3. The maximum Gasteiger partial charge on any atom is 0.319 e. The zero-order chi connectivity index (χ0) is 21.1. The molecule has 0 bridgehead atoms. The van der Waals surface area contributed by atoms with Gasteiger partial charge in [-0.25, -0.2) is 9.78 Å². The van der Waals surface area contributed by atoms with E-state index in [9.17, 15) is 4.79 Å². The van der Waals surface area contributed by atoms with E-state index in [0.717, 1.165) is 17.1 Å². The van der Waals surface area contributed by atoms with Gasteiger partial charge in [-0.3, -0.25) is 5.10 Å². The molecule has 0 spiro atoms. The molecule has 7 nitrogen and oxygen atoms in total. The first-order valence-corrected chi connectivity index (χ1v) is 10.3. The van der Waals surface area contributed by atoms with Gasteiger partial charge in [-0.1, -0.05) is 29.8 Å². The summed E-state index contributed by atoms with van der Waals surface area (Å²) in [6, 6.07) is 15.9. The van der Waals surface area contributed by atoms with Crippen molar-refractivity contribution in [1.29, 1.82) is 0 Å². The minimum absolute atomic E-state index is 0.102. The first kappa shape index (κ1) is 20.1. The summed E-state index contributed by atoms with van der Waals surface area (Å²) in [4.78, 5) is 19.1. The number of urea groups is 1. The van der Waals surface area contributed by atoms with Crippen LogP contribution in [0.1, 0.15) is 41.8 Å². The zero-order valence-corrected chi connectivity index (χ0v) is 17.6. The monoisotopic (exact) mass is 404 g/mol. The van der Waals surface area contributed by atoms with Crippen molar-refractivity contribution in [1.82, 2.24) is 25.4 Å². The van der Waals surface area contributed by atoms with Crippen LogP contribution in [-0.2, 0) is 0 Å². The molecule has 1 fully saturated rings. The first-order chi connectivity index (χ1) is 14.5. The maximum atomic E-state index is 12.4. The lowest BCUT2D eigenvalue weighted by Gasteiger charge is -2.25. The van der Waals surface area contributed by atoms with Crippen LogP contribution < -0.4 is 10.6 Å². The molecule has 2 aromatic carbocycles. The molecule has 1 atom stereocenters. The second kappa shape index (κ2) is 8.67. The molecule has 3 aromatic rings. The number of carbonyl (C=O) groups excluding carboxylic acids is 1. The Bertz CT molecular complexity index is 989. The van der Waals surface area contributed by atoms with Crippen LogP contribution in [0.2, 0.25) is 0 Å². The second-order valence-electron chi connectivity index (χ2n) is 8.12. The quantitative estimate of drug-likeness (QED) is 0.554. The van der Waals surface area contributed by atoms with Crippen LogP contribution in [0.3, 0.4) is 0 Å². The Morgan fingerprint density at radius 2 is 1.83 bits per heavy atom. The molecule has 1 saturated carbocycles. The van der Waals surface area contributed by atoms with E-state index in [0.29, 0.717) is 18.3 Å². The highest BCUT2D eigenvalue weighted by Gasteiger charge is 2.27. The normalized spacial score (nSPS) is 14.5. The van der Waals surface area contributed by atoms with Crippen LogP contribution in [-0.4, -0.2) is 46.8 Å². The molecule has 3 N–H and O–H groups in total. The Labute approximate surface area is 176 Å². The number of nitrogens with zero attached hydrogens (tertiary/aromatic N) is 3. The van der Waals surface area contributed by atoms with E-state index in [2.05, 4.69) is 61.9 Å². The highest BCUT2D eigenvalue weighted by Crippen LogP contribution is 2.38. The van der Waals surface area contributed by atoms with Crippen molar-refractivity contribution in [3.63, 3.8) is 0 Å². The van der Waals surface area contributed by atoms with E-state index in [1.54, 1.807) is 0 Å². The van der Waals surface area contributed by atoms with Crippen molar-refractivity contribution >= 4 is 11.7 Å². The topological polar surface area (TPSA) is 85.9 Å². The summed E-state index contributed by atoms with van der Waals surface area (Å²) in [5.74, 6) is 2.21. The van der Waals surface area contributed by atoms with Gasteiger partial charge in [-0.15, -0.1) is 0 Å². The minimum atomic E-state index is -0.226. The SMILES string of the molecule is Cc1ccc(C(CNC(=O)Nc2ccc(-c3n[nH]c(C4CC4)n3)cc2)N(C)C)cc1. The molecule has 156 valence electrons. The van der Waals surface area contributed by atoms with Crippen LogP contribution >= 0.6 is 0 Å². The number of nitrogens with one attached hydrogen (secondary N) is 3. The van der Waals surface area contributed by atoms with Gasteiger partial charge >= 0.3 is 6.03 Å². The Hall–Kier alpha value is -3.19. The smallest absolute Gasteiger partial charge is 0.319 e. The van der Waals surface area contributed by atoms with Gasteiger partial charge < -0.3 is 15.5 Å². The number of likely N-dealkylation sites (N-methyl/N-ethyl adjacent to an activating group) is 1. The molecule has 7 heteroatoms. The average molecular weight is 405 g/mol. The molecular weight excluding hydrogens is 376 g/mol. The third-order valence-corrected chi connectivity index (χ3v) is 5.41. The Balaban J connectivity index is 1.33. The zero-order valence-electron chi connectivity index (χ0n) is 17.6. The molecule has 2 amide bonds. The summed E-state index contributed by atoms with van der Waals surface area (Å²) in [5.41, 5.74) is 4.05. The van der Waals surface area contributed by atoms with Crippen LogP contribution in [0.25, 0.3) is 11.4 Å². The number of aromatic nitrogens is 3. The maximum absolute atomic E-state index is 12.4. The number of carbonyl (C=O) groups is 1. The molecule has 0 aliphatic heterocycles. The number of amides is 2. The lowest BCUT2D eigenvalue weighted by molar-refractivity contribution is 0.243. The van der Waals surface area contributed by atoms with E-state index in [1.807, 2.05) is 38.4 Å². The summed E-state index contributed by atoms with van der Waals surface area (Å²) in [6.07, 6.45) is 2.37. The molecule has 1 heterocycles. The predicted octanol–water partition coefficient (Wildman–Crippen LogP) is 4.08. The van der Waals surface area contributed by atoms with Gasteiger partial charge in [-0.05, 0) is 63.7 Å². The number of hydrogen-bond acceptors (Lipinski definition) is 4. The molecule has 0 saturated heterocycles. The van der Waals surface area contributed by atoms with Crippen molar-refractivity contribution < 1.29 is 4.79 Å². The van der Waals surface area contributed by atoms with Crippen LogP contribution in [0.15, 0.2) is 48.5 Å². The second-order valence-corrected chi connectivity index (χ2v) is 8.12. The molecule has 0 radical (unpaired) electrons. The number of H-pyrrole nitrogens is 1. The Morgan fingerprint density at radius 1 is 1.13 bits per heavy atom. The molecular formula is C23H28N6O. The van der Waals surface area contributed by atoms with Gasteiger partial charge in [0.05, 0.1) is 6.04 Å². The Morgan fingerprint density at radius 3 is 2.47 bits per heavy atom. The van der Waals surface area contributed by atoms with Gasteiger partial charge in [0.15, 0.2) is 5.82 Å². The fourth-order valence-corrected chi connectivity index (χ4v) is 3.40. The average Bonchev–Trinajstić information content (AvgIpc) is 3.47. The van der Waals surface area contributed by atoms with Gasteiger partial charge in [0, 0.05) is 23.7 Å². The summed E-state index contributed by atoms with van der Waals surface area (Å²) in [7, 11) is 4.03. The van der Waals surface area contributed by atoms with E-state index in [-0.39, 0.29) is 12.1 Å². The largest absolute Gasteiger partial charge is 0.336 e. The van der Waals surface area contributed by atoms with E-state index >= 15 is 0 Å². The standard InChI is InChI=1S/C23H28N6O/c1-15-4-6-16(7-5-15)20(29(2)3)14-24-23(30)25-19-12-10-18(11-13-19)22-26-21(27-28-22)17-8-9-17/h4-7,10-13,17,20H,8-9,14H2,1-3H3,(H2,24,25,30)(H,26,27,28). The predicted molar refractivity (Wildman–Crippen MR) is 118 cm³/mol. The summed E-state index contributed by atoms with van der Waals surface area (Å²) < 4.78 is 0. The molecule has 1 aliphatic rings. The lowest BCUT2D eigenvalue weighted by Crippen LogP contribution is -2.36. The van der Waals surface area contributed by atoms with Gasteiger partial charge in [-0.2, -0.15) is 5.10 Å². The molecule has 1 aliphatic carbocycles. The molecule has 30 heavy (non-hydrogen) atoms. The molecule has 1 unspecified atom stereocenters. The lowest BCUT2D eigenvalue weighted by atomic mass is 10.0. The van der Waals surface area contributed by atoms with E-state index in [1.165, 1.54) is 24.0 Å². The number of hydrogen-bond donors (Lipinski definition) is 3. The third kappa shape index (κ3) is 4.86.